The van der Waals surface area contributed by atoms with Gasteiger partial charge in [0.25, 0.3) is 5.69 Å². The van der Waals surface area contributed by atoms with Crippen molar-refractivity contribution in [3.05, 3.63) is 21.6 Å². The van der Waals surface area contributed by atoms with Crippen molar-refractivity contribution in [3.63, 3.8) is 0 Å². The molecule has 0 saturated heterocycles. The van der Waals surface area contributed by atoms with E-state index in [1.54, 1.807) is 0 Å². The average molecular weight is 198 g/mol. The van der Waals surface area contributed by atoms with Gasteiger partial charge in [-0.15, -0.1) is 0 Å². The van der Waals surface area contributed by atoms with E-state index in [0.29, 0.717) is 0 Å². The number of carboxylic acids is 1. The number of hydrogen-bond donors (Lipinski definition) is 1. The lowest BCUT2D eigenvalue weighted by molar-refractivity contribution is -0.386. The maximum atomic E-state index is 10.6. The molecule has 7 heteroatoms. The SMILES string of the molecule is O=C(O)c1noc(C2CC2)c1[N+](=O)[O-]. The first kappa shape index (κ1) is 8.67. The number of aromatic nitrogens is 1. The Bertz CT molecular complexity index is 406. The molecule has 1 aromatic rings. The highest BCUT2D eigenvalue weighted by molar-refractivity contribution is 5.90. The van der Waals surface area contributed by atoms with Crippen molar-refractivity contribution in [2.75, 3.05) is 0 Å². The summed E-state index contributed by atoms with van der Waals surface area (Å²) in [6, 6.07) is 0. The highest BCUT2D eigenvalue weighted by Gasteiger charge is 2.40. The number of nitrogens with zero attached hydrogens (tertiary/aromatic N) is 2. The van der Waals surface area contributed by atoms with Crippen LogP contribution in [0.1, 0.15) is 35.0 Å². The van der Waals surface area contributed by atoms with Crippen LogP contribution in [0, 0.1) is 10.1 Å². The quantitative estimate of drug-likeness (QED) is 0.576. The first-order valence-electron chi connectivity index (χ1n) is 3.98. The molecule has 2 rings (SSSR count). The Hall–Kier alpha value is -1.92. The first-order valence-corrected chi connectivity index (χ1v) is 3.98. The van der Waals surface area contributed by atoms with E-state index in [2.05, 4.69) is 9.68 Å². The first-order chi connectivity index (χ1) is 6.61. The van der Waals surface area contributed by atoms with E-state index in [9.17, 15) is 14.9 Å². The molecule has 1 aliphatic carbocycles. The Morgan fingerprint density at radius 3 is 2.71 bits per heavy atom. The molecule has 0 spiro atoms. The Labute approximate surface area is 77.5 Å². The van der Waals surface area contributed by atoms with Crippen LogP contribution < -0.4 is 0 Å². The van der Waals surface area contributed by atoms with Crippen LogP contribution in [0.4, 0.5) is 5.69 Å². The largest absolute Gasteiger partial charge is 0.476 e. The molecule has 7 nitrogen and oxygen atoms in total. The van der Waals surface area contributed by atoms with Crippen LogP contribution >= 0.6 is 0 Å². The molecule has 1 heterocycles. The maximum absolute atomic E-state index is 10.6. The summed E-state index contributed by atoms with van der Waals surface area (Å²) in [5, 5.41) is 22.4. The van der Waals surface area contributed by atoms with Gasteiger partial charge in [0, 0.05) is 5.92 Å². The van der Waals surface area contributed by atoms with Gasteiger partial charge in [0.15, 0.2) is 0 Å². The van der Waals surface area contributed by atoms with Gasteiger partial charge in [0.1, 0.15) is 0 Å². The van der Waals surface area contributed by atoms with Gasteiger partial charge in [0.2, 0.25) is 5.76 Å². The van der Waals surface area contributed by atoms with Gasteiger partial charge in [-0.05, 0) is 12.8 Å². The Morgan fingerprint density at radius 1 is 1.64 bits per heavy atom. The molecule has 1 N–H and O–H groups in total. The van der Waals surface area contributed by atoms with Gasteiger partial charge in [-0.2, -0.15) is 0 Å². The molecule has 0 atom stereocenters. The fraction of sp³-hybridized carbons (Fsp3) is 0.429. The zero-order valence-electron chi connectivity index (χ0n) is 6.97. The van der Waals surface area contributed by atoms with Gasteiger partial charge in [-0.3, -0.25) is 10.1 Å². The smallest absolute Gasteiger partial charge is 0.365 e. The standard InChI is InChI=1S/C7H6N2O5/c10-7(11)4-5(9(12)13)6(14-8-4)3-1-2-3/h3H,1-2H2,(H,10,11). The highest BCUT2D eigenvalue weighted by Crippen LogP contribution is 2.45. The van der Waals surface area contributed by atoms with Gasteiger partial charge in [-0.1, -0.05) is 5.16 Å². The molecule has 0 aliphatic heterocycles. The minimum Gasteiger partial charge on any atom is -0.476 e. The van der Waals surface area contributed by atoms with Crippen LogP contribution in [0.3, 0.4) is 0 Å². The van der Waals surface area contributed by atoms with Crippen LogP contribution in [-0.4, -0.2) is 21.2 Å². The lowest BCUT2D eigenvalue weighted by atomic mass is 10.2. The second kappa shape index (κ2) is 2.79. The molecule has 14 heavy (non-hydrogen) atoms. The van der Waals surface area contributed by atoms with Crippen molar-refractivity contribution < 1.29 is 19.3 Å². The fourth-order valence-electron chi connectivity index (χ4n) is 1.23. The molecule has 1 saturated carbocycles. The molecule has 0 aromatic carbocycles. The molecule has 0 amide bonds. The van der Waals surface area contributed by atoms with Crippen molar-refractivity contribution in [2.45, 2.75) is 18.8 Å². The third-order valence-corrected chi connectivity index (χ3v) is 2.03. The van der Waals surface area contributed by atoms with Gasteiger partial charge < -0.3 is 9.63 Å². The van der Waals surface area contributed by atoms with E-state index >= 15 is 0 Å². The Morgan fingerprint density at radius 2 is 2.29 bits per heavy atom. The molecule has 1 aliphatic rings. The molecule has 0 unspecified atom stereocenters. The summed E-state index contributed by atoms with van der Waals surface area (Å²) < 4.78 is 4.67. The van der Waals surface area contributed by atoms with Crippen molar-refractivity contribution in [3.8, 4) is 0 Å². The number of carboxylic acid groups (broad SMARTS) is 1. The molecule has 1 fully saturated rings. The van der Waals surface area contributed by atoms with Gasteiger partial charge >= 0.3 is 11.7 Å². The fourth-order valence-corrected chi connectivity index (χ4v) is 1.23. The predicted octanol–water partition coefficient (Wildman–Crippen LogP) is 1.16. The maximum Gasteiger partial charge on any atom is 0.365 e. The zero-order valence-corrected chi connectivity index (χ0v) is 6.97. The van der Waals surface area contributed by atoms with E-state index in [0.717, 1.165) is 12.8 Å². The van der Waals surface area contributed by atoms with Gasteiger partial charge in [0.05, 0.1) is 4.92 Å². The normalized spacial score (nSPS) is 15.4. The van der Waals surface area contributed by atoms with Crippen molar-refractivity contribution in [2.24, 2.45) is 0 Å². The van der Waals surface area contributed by atoms with Crippen LogP contribution in [0.25, 0.3) is 0 Å². The van der Waals surface area contributed by atoms with Crippen molar-refractivity contribution >= 4 is 11.7 Å². The molecular formula is C7H6N2O5. The lowest BCUT2D eigenvalue weighted by Crippen LogP contribution is -2.02. The monoisotopic (exact) mass is 198 g/mol. The highest BCUT2D eigenvalue weighted by atomic mass is 16.6. The third kappa shape index (κ3) is 1.22. The number of hydrogen-bond acceptors (Lipinski definition) is 5. The Balaban J connectivity index is 2.51. The summed E-state index contributed by atoms with van der Waals surface area (Å²) in [6.07, 6.45) is 1.57. The second-order valence-electron chi connectivity index (χ2n) is 3.08. The minimum absolute atomic E-state index is 0.0315. The molecule has 1 aromatic heterocycles. The number of nitro groups is 1. The third-order valence-electron chi connectivity index (χ3n) is 2.03. The van der Waals surface area contributed by atoms with Crippen LogP contribution in [0.5, 0.6) is 0 Å². The minimum atomic E-state index is -1.44. The van der Waals surface area contributed by atoms with Crippen molar-refractivity contribution in [1.29, 1.82) is 0 Å². The number of carbonyl (C=O) groups is 1. The van der Waals surface area contributed by atoms with E-state index in [4.69, 9.17) is 5.11 Å². The van der Waals surface area contributed by atoms with Crippen molar-refractivity contribution in [1.82, 2.24) is 5.16 Å². The van der Waals surface area contributed by atoms with E-state index < -0.39 is 22.3 Å². The van der Waals surface area contributed by atoms with Crippen LogP contribution in [-0.2, 0) is 0 Å². The summed E-state index contributed by atoms with van der Waals surface area (Å²) >= 11 is 0. The van der Waals surface area contributed by atoms with Gasteiger partial charge in [-0.25, -0.2) is 4.79 Å². The summed E-state index contributed by atoms with van der Waals surface area (Å²) in [5.74, 6) is -1.38. The Kier molecular flexibility index (Phi) is 1.73. The molecule has 0 radical (unpaired) electrons. The predicted molar refractivity (Wildman–Crippen MR) is 42.1 cm³/mol. The number of rotatable bonds is 3. The summed E-state index contributed by atoms with van der Waals surface area (Å²) in [6.45, 7) is 0. The van der Waals surface area contributed by atoms with Crippen LogP contribution in [0.2, 0.25) is 0 Å². The topological polar surface area (TPSA) is 106 Å². The summed E-state index contributed by atoms with van der Waals surface area (Å²) in [7, 11) is 0. The lowest BCUT2D eigenvalue weighted by Gasteiger charge is -1.89. The molecule has 74 valence electrons. The van der Waals surface area contributed by atoms with E-state index in [-0.39, 0.29) is 11.7 Å². The van der Waals surface area contributed by atoms with Crippen LogP contribution in [0.15, 0.2) is 4.52 Å². The van der Waals surface area contributed by atoms with E-state index in [1.807, 2.05) is 0 Å². The summed E-state index contributed by atoms with van der Waals surface area (Å²) in [5.41, 5.74) is -1.11. The number of aromatic carboxylic acids is 1. The summed E-state index contributed by atoms with van der Waals surface area (Å²) in [4.78, 5) is 20.4. The average Bonchev–Trinajstić information content (AvgIpc) is 2.83. The molecule has 0 bridgehead atoms. The zero-order chi connectivity index (χ0) is 10.3. The molecular weight excluding hydrogens is 192 g/mol. The van der Waals surface area contributed by atoms with E-state index in [1.165, 1.54) is 0 Å². The second-order valence-corrected chi connectivity index (χ2v) is 3.08.